The molecular weight excluding hydrogens is 394 g/mol. The lowest BCUT2D eigenvalue weighted by Gasteiger charge is -2.39. The van der Waals surface area contributed by atoms with Crippen molar-refractivity contribution in [1.29, 1.82) is 0 Å². The minimum Gasteiger partial charge on any atom is -0.368 e. The highest BCUT2D eigenvalue weighted by atomic mass is 79.9. The number of pyridine rings is 1. The van der Waals surface area contributed by atoms with Crippen LogP contribution in [0.4, 0.5) is 11.4 Å². The fraction of sp³-hybridized carbons (Fsp3) is 0.579. The van der Waals surface area contributed by atoms with Crippen molar-refractivity contribution in [3.63, 3.8) is 0 Å². The van der Waals surface area contributed by atoms with Gasteiger partial charge in [-0.2, -0.15) is 0 Å². The van der Waals surface area contributed by atoms with Crippen molar-refractivity contribution in [3.05, 3.63) is 16.9 Å². The molecule has 1 saturated carbocycles. The number of amides is 1. The molecule has 0 bridgehead atoms. The molecule has 0 spiro atoms. The summed E-state index contributed by atoms with van der Waals surface area (Å²) in [6.45, 7) is 5.60. The highest BCUT2D eigenvalue weighted by molar-refractivity contribution is 9.10. The van der Waals surface area contributed by atoms with Crippen molar-refractivity contribution in [2.24, 2.45) is 23.5 Å². The van der Waals surface area contributed by atoms with Gasteiger partial charge in [0, 0.05) is 37.4 Å². The van der Waals surface area contributed by atoms with E-state index < -0.39 is 0 Å². The largest absolute Gasteiger partial charge is 0.368 e. The number of carbonyl (C=O) groups is 1. The van der Waals surface area contributed by atoms with Crippen molar-refractivity contribution in [3.8, 4) is 0 Å². The number of nitrogens with two attached hydrogens (primary N) is 1. The van der Waals surface area contributed by atoms with Gasteiger partial charge >= 0.3 is 0 Å². The molecule has 2 fully saturated rings. The third-order valence-corrected chi connectivity index (χ3v) is 6.25. The summed E-state index contributed by atoms with van der Waals surface area (Å²) in [5, 5.41) is 3.98. The fourth-order valence-corrected chi connectivity index (χ4v) is 4.60. The molecule has 6 nitrogen and oxygen atoms in total. The van der Waals surface area contributed by atoms with Gasteiger partial charge in [0.05, 0.1) is 21.2 Å². The smallest absolute Gasteiger partial charge is 0.226 e. The molecule has 1 saturated heterocycles. The van der Waals surface area contributed by atoms with Crippen molar-refractivity contribution in [2.45, 2.75) is 39.2 Å². The van der Waals surface area contributed by atoms with Crippen LogP contribution in [0.5, 0.6) is 0 Å². The number of H-pyrrole nitrogens is 1. The minimum atomic E-state index is -0.0776. The summed E-state index contributed by atoms with van der Waals surface area (Å²) in [5.74, 6) is 1.40. The highest BCUT2D eigenvalue weighted by Crippen LogP contribution is 2.44. The summed E-state index contributed by atoms with van der Waals surface area (Å²) in [6.07, 6.45) is 7.45. The number of piperidine rings is 1. The summed E-state index contributed by atoms with van der Waals surface area (Å²) in [4.78, 5) is 22.2. The van der Waals surface area contributed by atoms with Crippen LogP contribution in [0.25, 0.3) is 11.0 Å². The molecule has 4 N–H and O–H groups in total. The lowest BCUT2D eigenvalue weighted by atomic mass is 9.87. The zero-order valence-electron chi connectivity index (χ0n) is 15.3. The van der Waals surface area contributed by atoms with Crippen molar-refractivity contribution in [1.82, 2.24) is 9.97 Å². The van der Waals surface area contributed by atoms with Gasteiger partial charge in [0.1, 0.15) is 5.65 Å². The SMILES string of the molecule is CC(C)C(=O)Nc1c[nH]c2ncc(Br)c(N3CCC(C4CC4)C(N)C3)c12. The summed E-state index contributed by atoms with van der Waals surface area (Å²) < 4.78 is 0.932. The van der Waals surface area contributed by atoms with Gasteiger partial charge in [-0.1, -0.05) is 13.8 Å². The first-order chi connectivity index (χ1) is 12.5. The Labute approximate surface area is 162 Å². The third-order valence-electron chi connectivity index (χ3n) is 5.67. The second-order valence-corrected chi connectivity index (χ2v) is 8.78. The summed E-state index contributed by atoms with van der Waals surface area (Å²) in [5.41, 5.74) is 9.15. The lowest BCUT2D eigenvalue weighted by Crippen LogP contribution is -2.49. The number of halogens is 1. The van der Waals surface area contributed by atoms with Crippen LogP contribution >= 0.6 is 15.9 Å². The molecule has 2 aromatic heterocycles. The number of hydrogen-bond acceptors (Lipinski definition) is 4. The zero-order chi connectivity index (χ0) is 18.4. The molecular formula is C19H26BrN5O. The Balaban J connectivity index is 1.68. The van der Waals surface area contributed by atoms with Crippen LogP contribution in [0.15, 0.2) is 16.9 Å². The van der Waals surface area contributed by atoms with E-state index in [4.69, 9.17) is 5.73 Å². The Morgan fingerprint density at radius 2 is 2.19 bits per heavy atom. The normalized spacial score (nSPS) is 23.7. The van der Waals surface area contributed by atoms with E-state index >= 15 is 0 Å². The van der Waals surface area contributed by atoms with Gasteiger partial charge < -0.3 is 20.9 Å². The first kappa shape index (κ1) is 17.8. The molecule has 1 aliphatic heterocycles. The van der Waals surface area contributed by atoms with Gasteiger partial charge in [-0.3, -0.25) is 4.79 Å². The summed E-state index contributed by atoms with van der Waals surface area (Å²) >= 11 is 3.67. The second kappa shape index (κ2) is 6.85. The molecule has 0 radical (unpaired) electrons. The van der Waals surface area contributed by atoms with Gasteiger partial charge in [0.2, 0.25) is 5.91 Å². The van der Waals surface area contributed by atoms with E-state index in [2.05, 4.69) is 36.1 Å². The van der Waals surface area contributed by atoms with E-state index in [1.807, 2.05) is 26.2 Å². The number of carbonyl (C=O) groups excluding carboxylic acids is 1. The molecule has 1 amide bonds. The molecule has 2 atom stereocenters. The molecule has 140 valence electrons. The topological polar surface area (TPSA) is 87.0 Å². The summed E-state index contributed by atoms with van der Waals surface area (Å²) in [7, 11) is 0. The van der Waals surface area contributed by atoms with Crippen molar-refractivity contribution >= 4 is 44.2 Å². The van der Waals surface area contributed by atoms with Crippen LogP contribution in [-0.2, 0) is 4.79 Å². The molecule has 2 aliphatic rings. The average molecular weight is 420 g/mol. The van der Waals surface area contributed by atoms with E-state index in [9.17, 15) is 4.79 Å². The number of hydrogen-bond donors (Lipinski definition) is 3. The first-order valence-corrected chi connectivity index (χ1v) is 10.2. The number of rotatable bonds is 4. The maximum atomic E-state index is 12.2. The van der Waals surface area contributed by atoms with E-state index in [1.165, 1.54) is 12.8 Å². The monoisotopic (exact) mass is 419 g/mol. The molecule has 1 aliphatic carbocycles. The quantitative estimate of drug-likeness (QED) is 0.707. The fourth-order valence-electron chi connectivity index (χ4n) is 4.05. The van der Waals surface area contributed by atoms with E-state index in [0.717, 1.165) is 52.3 Å². The Morgan fingerprint density at radius 1 is 1.42 bits per heavy atom. The predicted molar refractivity (Wildman–Crippen MR) is 108 cm³/mol. The Hall–Kier alpha value is -1.60. The third kappa shape index (κ3) is 3.22. The van der Waals surface area contributed by atoms with Crippen molar-refractivity contribution in [2.75, 3.05) is 23.3 Å². The number of nitrogens with one attached hydrogen (secondary N) is 2. The van der Waals surface area contributed by atoms with Crippen LogP contribution in [-0.4, -0.2) is 35.0 Å². The number of aromatic nitrogens is 2. The maximum absolute atomic E-state index is 12.2. The zero-order valence-corrected chi connectivity index (χ0v) is 16.8. The Morgan fingerprint density at radius 3 is 2.85 bits per heavy atom. The molecule has 26 heavy (non-hydrogen) atoms. The van der Waals surface area contributed by atoms with Gasteiger partial charge in [0.15, 0.2) is 0 Å². The number of anilines is 2. The predicted octanol–water partition coefficient (Wildman–Crippen LogP) is 3.48. The minimum absolute atomic E-state index is 0.000897. The second-order valence-electron chi connectivity index (χ2n) is 7.92. The van der Waals surface area contributed by atoms with Crippen LogP contribution in [0, 0.1) is 17.8 Å². The average Bonchev–Trinajstić information content (AvgIpc) is 3.36. The number of nitrogens with zero attached hydrogens (tertiary/aromatic N) is 2. The Bertz CT molecular complexity index is 829. The van der Waals surface area contributed by atoms with Gasteiger partial charge in [0.25, 0.3) is 0 Å². The molecule has 2 aromatic rings. The van der Waals surface area contributed by atoms with Crippen LogP contribution in [0.1, 0.15) is 33.1 Å². The standard InChI is InChI=1S/C19H26BrN5O/c1-10(2)19(26)24-15-8-23-18-16(15)17(13(20)7-22-18)25-6-5-12(11-3-4-11)14(21)9-25/h7-8,10-12,14H,3-6,9,21H2,1-2H3,(H,22,23)(H,24,26). The molecule has 7 heteroatoms. The number of aromatic amines is 1. The van der Waals surface area contributed by atoms with E-state index in [-0.39, 0.29) is 17.9 Å². The van der Waals surface area contributed by atoms with Crippen molar-refractivity contribution < 1.29 is 4.79 Å². The highest BCUT2D eigenvalue weighted by Gasteiger charge is 2.38. The summed E-state index contributed by atoms with van der Waals surface area (Å²) in [6, 6.07) is 0.194. The van der Waals surface area contributed by atoms with E-state index in [0.29, 0.717) is 5.92 Å². The van der Waals surface area contributed by atoms with Crippen LogP contribution < -0.4 is 16.0 Å². The molecule has 0 aromatic carbocycles. The Kier molecular flexibility index (Phi) is 4.69. The van der Waals surface area contributed by atoms with Crippen LogP contribution in [0.2, 0.25) is 0 Å². The van der Waals surface area contributed by atoms with Gasteiger partial charge in [-0.25, -0.2) is 4.98 Å². The lowest BCUT2D eigenvalue weighted by molar-refractivity contribution is -0.118. The van der Waals surface area contributed by atoms with Gasteiger partial charge in [-0.05, 0) is 47.0 Å². The van der Waals surface area contributed by atoms with E-state index in [1.54, 1.807) is 0 Å². The van der Waals surface area contributed by atoms with Gasteiger partial charge in [-0.15, -0.1) is 0 Å². The number of fused-ring (bicyclic) bond motifs is 1. The molecule has 4 rings (SSSR count). The maximum Gasteiger partial charge on any atom is 0.226 e. The molecule has 2 unspecified atom stereocenters. The first-order valence-electron chi connectivity index (χ1n) is 9.42. The van der Waals surface area contributed by atoms with Crippen LogP contribution in [0.3, 0.4) is 0 Å². The molecule has 3 heterocycles.